The lowest BCUT2D eigenvalue weighted by molar-refractivity contribution is -0.140. The minimum Gasteiger partial charge on any atom is -0.468 e. The van der Waals surface area contributed by atoms with E-state index in [1.54, 1.807) is 6.92 Å². The van der Waals surface area contributed by atoms with E-state index in [1.807, 2.05) is 0 Å². The Hall–Kier alpha value is -0.990. The summed E-state index contributed by atoms with van der Waals surface area (Å²) in [6.45, 7) is 1.42. The van der Waals surface area contributed by atoms with Crippen molar-refractivity contribution < 1.29 is 22.3 Å². The Morgan fingerprint density at radius 2 is 2.10 bits per heavy atom. The molecule has 0 atom stereocenters. The number of hydrogen-bond acceptors (Lipinski definition) is 4. The van der Waals surface area contributed by atoms with E-state index in [0.29, 0.717) is 10.9 Å². The Bertz CT molecular complexity index is 591. The molecule has 20 heavy (non-hydrogen) atoms. The maximum atomic E-state index is 13.8. The molecule has 5 nitrogen and oxygen atoms in total. The molecule has 0 saturated heterocycles. The maximum Gasteiger partial charge on any atom is 0.321 e. The van der Waals surface area contributed by atoms with Crippen LogP contribution in [0.5, 0.6) is 0 Å². The lowest BCUT2D eigenvalue weighted by atomic mass is 10.3. The molecule has 0 amide bonds. The number of esters is 1. The summed E-state index contributed by atoms with van der Waals surface area (Å²) in [7, 11) is -2.91. The number of carbonyl (C=O) groups excluding carboxylic acids is 1. The minimum absolute atomic E-state index is 0.104. The van der Waals surface area contributed by atoms with Crippen LogP contribution in [0.15, 0.2) is 27.6 Å². The summed E-state index contributed by atoms with van der Waals surface area (Å²) in [5.41, 5.74) is 0. The normalized spacial score (nSPS) is 11.7. The summed E-state index contributed by atoms with van der Waals surface area (Å²) in [6.07, 6.45) is 0.494. The SMILES string of the molecule is CCCN(CC(=O)OC)S(=O)(=O)c1ccc(Br)cc1F. The van der Waals surface area contributed by atoms with Crippen LogP contribution in [-0.2, 0) is 19.6 Å². The van der Waals surface area contributed by atoms with E-state index in [-0.39, 0.29) is 6.54 Å². The molecule has 0 saturated carbocycles. The number of methoxy groups -OCH3 is 1. The van der Waals surface area contributed by atoms with Crippen molar-refractivity contribution in [2.75, 3.05) is 20.2 Å². The molecule has 0 aliphatic heterocycles. The number of nitrogens with zero attached hydrogens (tertiary/aromatic N) is 1. The van der Waals surface area contributed by atoms with Crippen molar-refractivity contribution in [3.8, 4) is 0 Å². The predicted molar refractivity (Wildman–Crippen MR) is 75.2 cm³/mol. The lowest BCUT2D eigenvalue weighted by Crippen LogP contribution is -2.37. The molecule has 0 heterocycles. The van der Waals surface area contributed by atoms with Crippen LogP contribution in [0.25, 0.3) is 0 Å². The van der Waals surface area contributed by atoms with Gasteiger partial charge in [0.1, 0.15) is 17.3 Å². The summed E-state index contributed by atoms with van der Waals surface area (Å²) in [5, 5.41) is 0. The highest BCUT2D eigenvalue weighted by atomic mass is 79.9. The van der Waals surface area contributed by atoms with Gasteiger partial charge in [0.2, 0.25) is 10.0 Å². The van der Waals surface area contributed by atoms with Gasteiger partial charge < -0.3 is 4.74 Å². The zero-order chi connectivity index (χ0) is 15.3. The number of rotatable bonds is 6. The highest BCUT2D eigenvalue weighted by molar-refractivity contribution is 9.10. The Balaban J connectivity index is 3.18. The summed E-state index contributed by atoms with van der Waals surface area (Å²) in [4.78, 5) is 10.8. The highest BCUT2D eigenvalue weighted by Crippen LogP contribution is 2.22. The second kappa shape index (κ2) is 7.14. The first-order valence-electron chi connectivity index (χ1n) is 5.85. The van der Waals surface area contributed by atoms with Crippen LogP contribution in [0, 0.1) is 5.82 Å². The van der Waals surface area contributed by atoms with Crippen molar-refractivity contribution in [2.45, 2.75) is 18.2 Å². The lowest BCUT2D eigenvalue weighted by Gasteiger charge is -2.20. The molecule has 1 aromatic rings. The second-order valence-electron chi connectivity index (χ2n) is 3.99. The molecule has 1 aromatic carbocycles. The van der Waals surface area contributed by atoms with Gasteiger partial charge in [-0.3, -0.25) is 4.79 Å². The maximum absolute atomic E-state index is 13.8. The zero-order valence-corrected chi connectivity index (χ0v) is 13.5. The molecule has 112 valence electrons. The Morgan fingerprint density at radius 3 is 2.60 bits per heavy atom. The van der Waals surface area contributed by atoms with Crippen molar-refractivity contribution in [3.63, 3.8) is 0 Å². The van der Waals surface area contributed by atoms with Crippen LogP contribution < -0.4 is 0 Å². The van der Waals surface area contributed by atoms with Crippen molar-refractivity contribution in [2.24, 2.45) is 0 Å². The first kappa shape index (κ1) is 17.1. The smallest absolute Gasteiger partial charge is 0.321 e. The van der Waals surface area contributed by atoms with Gasteiger partial charge in [0, 0.05) is 11.0 Å². The zero-order valence-electron chi connectivity index (χ0n) is 11.1. The number of benzene rings is 1. The van der Waals surface area contributed by atoms with Gasteiger partial charge in [-0.15, -0.1) is 0 Å². The summed E-state index contributed by atoms with van der Waals surface area (Å²) in [5.74, 6) is -1.56. The molecule has 0 N–H and O–H groups in total. The van der Waals surface area contributed by atoms with Gasteiger partial charge in [-0.1, -0.05) is 22.9 Å². The third kappa shape index (κ3) is 4.00. The molecule has 0 aromatic heterocycles. The van der Waals surface area contributed by atoms with Gasteiger partial charge in [-0.05, 0) is 24.6 Å². The molecule has 0 unspecified atom stereocenters. The fraction of sp³-hybridized carbons (Fsp3) is 0.417. The average Bonchev–Trinajstić information content (AvgIpc) is 2.37. The molecule has 0 bridgehead atoms. The van der Waals surface area contributed by atoms with Gasteiger partial charge in [0.05, 0.1) is 7.11 Å². The number of sulfonamides is 1. The van der Waals surface area contributed by atoms with E-state index in [0.717, 1.165) is 16.4 Å². The van der Waals surface area contributed by atoms with Crippen LogP contribution in [0.3, 0.4) is 0 Å². The number of halogens is 2. The van der Waals surface area contributed by atoms with Crippen LogP contribution in [-0.4, -0.2) is 38.9 Å². The monoisotopic (exact) mass is 367 g/mol. The molecule has 8 heteroatoms. The second-order valence-corrected chi connectivity index (χ2v) is 6.81. The van der Waals surface area contributed by atoms with Gasteiger partial charge in [0.25, 0.3) is 0 Å². The fourth-order valence-electron chi connectivity index (χ4n) is 1.57. The molecule has 0 aliphatic rings. The Morgan fingerprint density at radius 1 is 1.45 bits per heavy atom. The van der Waals surface area contributed by atoms with Crippen LogP contribution in [0.1, 0.15) is 13.3 Å². The topological polar surface area (TPSA) is 63.7 Å². The number of ether oxygens (including phenoxy) is 1. The molecule has 0 aliphatic carbocycles. The number of hydrogen-bond donors (Lipinski definition) is 0. The molecule has 1 rings (SSSR count). The summed E-state index contributed by atoms with van der Waals surface area (Å²) >= 11 is 3.06. The first-order valence-corrected chi connectivity index (χ1v) is 8.08. The van der Waals surface area contributed by atoms with E-state index >= 15 is 0 Å². The van der Waals surface area contributed by atoms with Crippen molar-refractivity contribution in [1.82, 2.24) is 4.31 Å². The van der Waals surface area contributed by atoms with Gasteiger partial charge in [-0.25, -0.2) is 12.8 Å². The van der Waals surface area contributed by atoms with E-state index in [2.05, 4.69) is 20.7 Å². The molecule has 0 radical (unpaired) electrons. The number of carbonyl (C=O) groups is 1. The van der Waals surface area contributed by atoms with E-state index in [4.69, 9.17) is 0 Å². The van der Waals surface area contributed by atoms with Crippen molar-refractivity contribution >= 4 is 31.9 Å². The highest BCUT2D eigenvalue weighted by Gasteiger charge is 2.28. The van der Waals surface area contributed by atoms with Crippen molar-refractivity contribution in [3.05, 3.63) is 28.5 Å². The van der Waals surface area contributed by atoms with Gasteiger partial charge >= 0.3 is 5.97 Å². The van der Waals surface area contributed by atoms with E-state index in [9.17, 15) is 17.6 Å². The van der Waals surface area contributed by atoms with Gasteiger partial charge in [-0.2, -0.15) is 4.31 Å². The molecule has 0 fully saturated rings. The van der Waals surface area contributed by atoms with Crippen LogP contribution >= 0.6 is 15.9 Å². The average molecular weight is 368 g/mol. The largest absolute Gasteiger partial charge is 0.468 e. The molecule has 0 spiro atoms. The third-order valence-corrected chi connectivity index (χ3v) is 4.89. The Kier molecular flexibility index (Phi) is 6.09. The van der Waals surface area contributed by atoms with Crippen LogP contribution in [0.2, 0.25) is 0 Å². The minimum atomic E-state index is -4.08. The third-order valence-electron chi connectivity index (χ3n) is 2.52. The van der Waals surface area contributed by atoms with Crippen molar-refractivity contribution in [1.29, 1.82) is 0 Å². The molecular formula is C12H15BrFNO4S. The summed E-state index contributed by atoms with van der Waals surface area (Å²) < 4.78 is 44.4. The predicted octanol–water partition coefficient (Wildman–Crippen LogP) is 2.16. The quantitative estimate of drug-likeness (QED) is 0.722. The Labute approximate surface area is 125 Å². The standard InChI is InChI=1S/C12H15BrFNO4S/c1-3-6-15(8-12(16)19-2)20(17,18)11-5-4-9(13)7-10(11)14/h4-5,7H,3,6,8H2,1-2H3. The fourth-order valence-corrected chi connectivity index (χ4v) is 3.42. The van der Waals surface area contributed by atoms with E-state index < -0.39 is 33.3 Å². The molecular weight excluding hydrogens is 353 g/mol. The first-order chi connectivity index (χ1) is 9.32. The summed E-state index contributed by atoms with van der Waals surface area (Å²) in [6, 6.07) is 3.65. The van der Waals surface area contributed by atoms with Crippen LogP contribution in [0.4, 0.5) is 4.39 Å². The van der Waals surface area contributed by atoms with Gasteiger partial charge in [0.15, 0.2) is 0 Å². The van der Waals surface area contributed by atoms with E-state index in [1.165, 1.54) is 13.2 Å².